The van der Waals surface area contributed by atoms with Crippen molar-refractivity contribution in [3.63, 3.8) is 0 Å². The molecule has 0 saturated heterocycles. The van der Waals surface area contributed by atoms with Crippen LogP contribution in [0.5, 0.6) is 0 Å². The molecule has 0 bridgehead atoms. The predicted molar refractivity (Wildman–Crippen MR) is 67.0 cm³/mol. The Morgan fingerprint density at radius 1 is 1.14 bits per heavy atom. The van der Waals surface area contributed by atoms with Gasteiger partial charge in [0.05, 0.1) is 12.2 Å². The fraction of sp³-hybridized carbons (Fsp3) is 0.800. The van der Waals surface area contributed by atoms with Crippen molar-refractivity contribution in [3.05, 3.63) is 0 Å². The maximum Gasteiger partial charge on any atom is 0.0908 e. The molecule has 0 aromatic carbocycles. The lowest BCUT2D eigenvalue weighted by atomic mass is 10.4. The van der Waals surface area contributed by atoms with Gasteiger partial charge in [-0.05, 0) is 34.6 Å². The molecule has 0 aliphatic rings. The van der Waals surface area contributed by atoms with Gasteiger partial charge in [-0.1, -0.05) is 7.43 Å². The lowest BCUT2D eigenvalue weighted by Crippen LogP contribution is -2.08. The van der Waals surface area contributed by atoms with Crippen molar-refractivity contribution < 1.29 is 0 Å². The van der Waals surface area contributed by atoms with E-state index in [0.29, 0.717) is 17.9 Å². The van der Waals surface area contributed by atoms with Crippen molar-refractivity contribution in [1.82, 2.24) is 0 Å². The molecular weight excluding hydrogens is 176 g/mol. The Balaban J connectivity index is -0.000000163. The summed E-state index contributed by atoms with van der Waals surface area (Å²) < 4.78 is 0. The minimum atomic E-state index is 0. The van der Waals surface area contributed by atoms with E-state index in [9.17, 15) is 0 Å². The van der Waals surface area contributed by atoms with E-state index in [2.05, 4.69) is 9.98 Å². The first-order valence-electron chi connectivity index (χ1n) is 4.43. The van der Waals surface area contributed by atoms with Crippen molar-refractivity contribution >= 4 is 12.2 Å². The van der Waals surface area contributed by atoms with Crippen LogP contribution in [0, 0.1) is 0 Å². The average molecular weight is 202 g/mol. The highest BCUT2D eigenvalue weighted by Crippen LogP contribution is 1.82. The van der Waals surface area contributed by atoms with Crippen molar-refractivity contribution in [3.8, 4) is 0 Å². The molecule has 0 heterocycles. The van der Waals surface area contributed by atoms with Crippen LogP contribution in [-0.4, -0.2) is 24.3 Å². The summed E-state index contributed by atoms with van der Waals surface area (Å²) in [5.74, 6) is 0.662. The van der Waals surface area contributed by atoms with Crippen LogP contribution in [0.3, 0.4) is 0 Å². The Bertz CT molecular complexity index is 156. The molecule has 14 heavy (non-hydrogen) atoms. The van der Waals surface area contributed by atoms with Crippen LogP contribution in [-0.2, 0) is 0 Å². The lowest BCUT2D eigenvalue weighted by Gasteiger charge is -1.93. The van der Waals surface area contributed by atoms with Gasteiger partial charge in [-0.3, -0.25) is 9.98 Å². The number of nitrogens with two attached hydrogens (primary N) is 2. The standard InChI is InChI=1S/C5H12N2.C4H10N2.CH4/c1-4(2)7-5(3)6;1-4(2)6-3-5;/h4H,1-3H3,(H2,6,7);3-4H,1-2H3,(H2,5,6);1H4. The van der Waals surface area contributed by atoms with E-state index in [1.165, 1.54) is 6.34 Å². The molecule has 0 radical (unpaired) electrons. The summed E-state index contributed by atoms with van der Waals surface area (Å²) in [4.78, 5) is 7.75. The lowest BCUT2D eigenvalue weighted by molar-refractivity contribution is 0.833. The average Bonchev–Trinajstić information content (AvgIpc) is 1.83. The number of hydrogen-bond donors (Lipinski definition) is 2. The molecule has 0 aromatic heterocycles. The second kappa shape index (κ2) is 11.9. The predicted octanol–water partition coefficient (Wildman–Crippen LogP) is 1.79. The summed E-state index contributed by atoms with van der Waals surface area (Å²) in [6.07, 6.45) is 1.32. The molecule has 0 aromatic rings. The van der Waals surface area contributed by atoms with Crippen molar-refractivity contribution in [2.45, 2.75) is 54.1 Å². The highest BCUT2D eigenvalue weighted by molar-refractivity contribution is 5.77. The van der Waals surface area contributed by atoms with Crippen LogP contribution in [0.1, 0.15) is 42.0 Å². The van der Waals surface area contributed by atoms with Gasteiger partial charge in [0, 0.05) is 12.1 Å². The molecule has 0 aliphatic heterocycles. The van der Waals surface area contributed by atoms with Gasteiger partial charge in [-0.2, -0.15) is 0 Å². The minimum Gasteiger partial charge on any atom is -0.390 e. The summed E-state index contributed by atoms with van der Waals surface area (Å²) in [7, 11) is 0. The largest absolute Gasteiger partial charge is 0.390 e. The maximum atomic E-state index is 5.24. The molecule has 0 spiro atoms. The number of hydrogen-bond acceptors (Lipinski definition) is 2. The highest BCUT2D eigenvalue weighted by Gasteiger charge is 1.83. The first-order chi connectivity index (χ1) is 5.90. The van der Waals surface area contributed by atoms with Crippen LogP contribution in [0.4, 0.5) is 0 Å². The first-order valence-corrected chi connectivity index (χ1v) is 4.43. The number of aliphatic imine (C=N–C) groups is 2. The normalized spacial score (nSPS) is 11.2. The Labute approximate surface area is 88.5 Å². The molecule has 4 heteroatoms. The third-order valence-electron chi connectivity index (χ3n) is 0.846. The van der Waals surface area contributed by atoms with Gasteiger partial charge in [-0.25, -0.2) is 0 Å². The topological polar surface area (TPSA) is 76.8 Å². The molecule has 0 unspecified atom stereocenters. The molecule has 4 N–H and O–H groups in total. The fourth-order valence-electron chi connectivity index (χ4n) is 0.579. The van der Waals surface area contributed by atoms with E-state index in [1.807, 2.05) is 27.7 Å². The molecule has 86 valence electrons. The third-order valence-corrected chi connectivity index (χ3v) is 0.846. The zero-order valence-electron chi connectivity index (χ0n) is 9.28. The summed E-state index contributed by atoms with van der Waals surface area (Å²) in [5.41, 5.74) is 10.2. The molecule has 0 rings (SSSR count). The van der Waals surface area contributed by atoms with Crippen LogP contribution in [0.2, 0.25) is 0 Å². The summed E-state index contributed by atoms with van der Waals surface area (Å²) in [6, 6.07) is 0.681. The van der Waals surface area contributed by atoms with E-state index >= 15 is 0 Å². The van der Waals surface area contributed by atoms with Crippen LogP contribution in [0.25, 0.3) is 0 Å². The number of nitrogens with zero attached hydrogens (tertiary/aromatic N) is 2. The molecule has 0 atom stereocenters. The summed E-state index contributed by atoms with van der Waals surface area (Å²) >= 11 is 0. The van der Waals surface area contributed by atoms with Crippen LogP contribution >= 0.6 is 0 Å². The summed E-state index contributed by atoms with van der Waals surface area (Å²) in [6.45, 7) is 9.74. The van der Waals surface area contributed by atoms with Gasteiger partial charge in [0.2, 0.25) is 0 Å². The Kier molecular flexibility index (Phi) is 15.9. The van der Waals surface area contributed by atoms with E-state index < -0.39 is 0 Å². The van der Waals surface area contributed by atoms with Gasteiger partial charge < -0.3 is 11.5 Å². The Morgan fingerprint density at radius 2 is 1.57 bits per heavy atom. The second-order valence-corrected chi connectivity index (χ2v) is 3.26. The van der Waals surface area contributed by atoms with Gasteiger partial charge in [-0.15, -0.1) is 0 Å². The molecule has 0 fully saturated rings. The minimum absolute atomic E-state index is 0. The van der Waals surface area contributed by atoms with Crippen molar-refractivity contribution in [1.29, 1.82) is 0 Å². The van der Waals surface area contributed by atoms with E-state index in [-0.39, 0.29) is 7.43 Å². The number of amidine groups is 1. The molecule has 0 saturated carbocycles. The van der Waals surface area contributed by atoms with E-state index in [0.717, 1.165) is 0 Å². The van der Waals surface area contributed by atoms with Crippen molar-refractivity contribution in [2.24, 2.45) is 21.5 Å². The Morgan fingerprint density at radius 3 is 1.57 bits per heavy atom. The summed E-state index contributed by atoms with van der Waals surface area (Å²) in [5, 5.41) is 0. The third kappa shape index (κ3) is 30.6. The zero-order chi connectivity index (χ0) is 10.9. The van der Waals surface area contributed by atoms with Gasteiger partial charge in [0.15, 0.2) is 0 Å². The fourth-order valence-corrected chi connectivity index (χ4v) is 0.579. The van der Waals surface area contributed by atoms with Gasteiger partial charge in [0.25, 0.3) is 0 Å². The monoisotopic (exact) mass is 202 g/mol. The van der Waals surface area contributed by atoms with E-state index in [1.54, 1.807) is 6.92 Å². The first kappa shape index (κ1) is 18.7. The Hall–Kier alpha value is -1.06. The molecule has 0 amide bonds. The molecule has 4 nitrogen and oxygen atoms in total. The van der Waals surface area contributed by atoms with Crippen molar-refractivity contribution in [2.75, 3.05) is 0 Å². The second-order valence-electron chi connectivity index (χ2n) is 3.26. The zero-order valence-corrected chi connectivity index (χ0v) is 9.28. The SMILES string of the molecule is C.CC(C)N=CN.CC(N)=NC(C)C. The number of rotatable bonds is 2. The smallest absolute Gasteiger partial charge is 0.0908 e. The van der Waals surface area contributed by atoms with Gasteiger partial charge in [0.1, 0.15) is 0 Å². The van der Waals surface area contributed by atoms with Crippen LogP contribution < -0.4 is 11.5 Å². The van der Waals surface area contributed by atoms with Gasteiger partial charge >= 0.3 is 0 Å². The maximum absolute atomic E-state index is 5.24. The molecular formula is C10H26N4. The molecule has 0 aliphatic carbocycles. The quantitative estimate of drug-likeness (QED) is 0.529. The van der Waals surface area contributed by atoms with Crippen LogP contribution in [0.15, 0.2) is 9.98 Å². The van der Waals surface area contributed by atoms with E-state index in [4.69, 9.17) is 11.5 Å². The highest BCUT2D eigenvalue weighted by atomic mass is 14.9.